The maximum Gasteiger partial charge on any atom is 0.336 e. The molecule has 0 radical (unpaired) electrons. The van der Waals surface area contributed by atoms with E-state index in [1.807, 2.05) is 0 Å². The molecule has 1 aliphatic carbocycles. The molecule has 142 valence electrons. The molecule has 1 fully saturated rings. The smallest absolute Gasteiger partial charge is 0.336 e. The third-order valence-electron chi connectivity index (χ3n) is 4.70. The van der Waals surface area contributed by atoms with Gasteiger partial charge in [0.25, 0.3) is 0 Å². The Balaban J connectivity index is 2.41. The molecule has 0 aromatic heterocycles. The SMILES string of the molecule is COC(=O)C1=C(C)N=C(C)C(C(=O)OC)[C@H]1C(=O)O[C@H]1CCCCC1=O. The van der Waals surface area contributed by atoms with Gasteiger partial charge in [0, 0.05) is 17.8 Å². The summed E-state index contributed by atoms with van der Waals surface area (Å²) in [4.78, 5) is 53.6. The van der Waals surface area contributed by atoms with Crippen LogP contribution >= 0.6 is 0 Å². The Morgan fingerprint density at radius 1 is 1.00 bits per heavy atom. The molecule has 0 spiro atoms. The van der Waals surface area contributed by atoms with E-state index in [2.05, 4.69) is 4.99 Å². The fraction of sp³-hybridized carbons (Fsp3) is 0.611. The van der Waals surface area contributed by atoms with Crippen LogP contribution in [0.1, 0.15) is 39.5 Å². The van der Waals surface area contributed by atoms with Gasteiger partial charge in [-0.05, 0) is 33.1 Å². The average Bonchev–Trinajstić information content (AvgIpc) is 2.61. The van der Waals surface area contributed by atoms with Crippen LogP contribution in [0.4, 0.5) is 0 Å². The summed E-state index contributed by atoms with van der Waals surface area (Å²) in [6, 6.07) is 0. The van der Waals surface area contributed by atoms with Crippen LogP contribution in [0.5, 0.6) is 0 Å². The van der Waals surface area contributed by atoms with Crippen molar-refractivity contribution in [1.82, 2.24) is 0 Å². The number of allylic oxidation sites excluding steroid dienone is 1. The maximum absolute atomic E-state index is 12.9. The van der Waals surface area contributed by atoms with E-state index < -0.39 is 35.8 Å². The number of hydrogen-bond donors (Lipinski definition) is 0. The number of ketones is 1. The first-order valence-corrected chi connectivity index (χ1v) is 8.47. The van der Waals surface area contributed by atoms with E-state index in [0.29, 0.717) is 18.6 Å². The highest BCUT2D eigenvalue weighted by Crippen LogP contribution is 2.34. The number of esters is 3. The highest BCUT2D eigenvalue weighted by Gasteiger charge is 2.47. The predicted molar refractivity (Wildman–Crippen MR) is 90.2 cm³/mol. The lowest BCUT2D eigenvalue weighted by atomic mass is 9.79. The highest BCUT2D eigenvalue weighted by molar-refractivity contribution is 6.10. The summed E-state index contributed by atoms with van der Waals surface area (Å²) >= 11 is 0. The number of ether oxygens (including phenoxy) is 3. The van der Waals surface area contributed by atoms with Crippen LogP contribution in [0.25, 0.3) is 0 Å². The normalized spacial score (nSPS) is 26.1. The third-order valence-corrected chi connectivity index (χ3v) is 4.70. The van der Waals surface area contributed by atoms with E-state index in [0.717, 1.165) is 12.8 Å². The van der Waals surface area contributed by atoms with Gasteiger partial charge in [0.05, 0.1) is 19.8 Å². The molecule has 0 aromatic carbocycles. The van der Waals surface area contributed by atoms with Gasteiger partial charge in [-0.25, -0.2) is 4.79 Å². The lowest BCUT2D eigenvalue weighted by Gasteiger charge is -2.30. The molecule has 1 heterocycles. The van der Waals surface area contributed by atoms with Crippen molar-refractivity contribution in [1.29, 1.82) is 0 Å². The van der Waals surface area contributed by atoms with Crippen LogP contribution in [0.2, 0.25) is 0 Å². The first kappa shape index (κ1) is 19.8. The minimum atomic E-state index is -1.26. The van der Waals surface area contributed by atoms with Crippen molar-refractivity contribution >= 4 is 29.4 Å². The van der Waals surface area contributed by atoms with Crippen LogP contribution < -0.4 is 0 Å². The molecule has 0 bridgehead atoms. The molecular weight excluding hydrogens is 342 g/mol. The van der Waals surface area contributed by atoms with Crippen molar-refractivity contribution in [2.24, 2.45) is 16.8 Å². The van der Waals surface area contributed by atoms with Gasteiger partial charge >= 0.3 is 17.9 Å². The van der Waals surface area contributed by atoms with Crippen molar-refractivity contribution in [2.75, 3.05) is 14.2 Å². The number of hydrogen-bond acceptors (Lipinski definition) is 8. The number of methoxy groups -OCH3 is 2. The number of nitrogens with zero attached hydrogens (tertiary/aromatic N) is 1. The minimum Gasteiger partial charge on any atom is -0.468 e. The van der Waals surface area contributed by atoms with E-state index in [9.17, 15) is 19.2 Å². The summed E-state index contributed by atoms with van der Waals surface area (Å²) < 4.78 is 14.9. The topological polar surface area (TPSA) is 108 Å². The molecule has 26 heavy (non-hydrogen) atoms. The van der Waals surface area contributed by atoms with E-state index in [4.69, 9.17) is 14.2 Å². The molecule has 0 aromatic rings. The van der Waals surface area contributed by atoms with Crippen molar-refractivity contribution in [3.63, 3.8) is 0 Å². The van der Waals surface area contributed by atoms with Crippen molar-refractivity contribution in [3.8, 4) is 0 Å². The second-order valence-corrected chi connectivity index (χ2v) is 6.36. The van der Waals surface area contributed by atoms with Crippen LogP contribution in [0.3, 0.4) is 0 Å². The Morgan fingerprint density at radius 3 is 2.27 bits per heavy atom. The van der Waals surface area contributed by atoms with Crippen LogP contribution in [-0.2, 0) is 33.4 Å². The fourth-order valence-electron chi connectivity index (χ4n) is 3.39. The van der Waals surface area contributed by atoms with Gasteiger partial charge in [0.2, 0.25) is 0 Å². The van der Waals surface area contributed by atoms with Gasteiger partial charge < -0.3 is 14.2 Å². The Hall–Kier alpha value is -2.51. The van der Waals surface area contributed by atoms with Crippen LogP contribution in [0.15, 0.2) is 16.3 Å². The molecule has 1 saturated carbocycles. The highest BCUT2D eigenvalue weighted by atomic mass is 16.6. The standard InChI is InChI=1S/C18H23NO7/c1-9-13(16(21)24-3)15(14(10(2)19-9)17(22)25-4)18(23)26-12-8-6-5-7-11(12)20/h12-13,15H,5-8H2,1-4H3/t12-,13?,15+/m0/s1. The average molecular weight is 365 g/mol. The second-order valence-electron chi connectivity index (χ2n) is 6.36. The first-order chi connectivity index (χ1) is 12.3. The molecule has 2 aliphatic rings. The van der Waals surface area contributed by atoms with Gasteiger partial charge in [-0.2, -0.15) is 0 Å². The molecule has 0 saturated heterocycles. The van der Waals surface area contributed by atoms with E-state index in [-0.39, 0.29) is 17.1 Å². The molecule has 2 rings (SSSR count). The molecular formula is C18H23NO7. The number of aliphatic imine (C=N–C) groups is 1. The summed E-state index contributed by atoms with van der Waals surface area (Å²) in [7, 11) is 2.36. The lowest BCUT2D eigenvalue weighted by Crippen LogP contribution is -2.44. The largest absolute Gasteiger partial charge is 0.468 e. The van der Waals surface area contributed by atoms with Gasteiger partial charge in [-0.3, -0.25) is 19.4 Å². The second kappa shape index (κ2) is 8.25. The number of Topliss-reactive ketones (excluding diaryl/α,β-unsaturated/α-hetero) is 1. The summed E-state index contributed by atoms with van der Waals surface area (Å²) in [6.45, 7) is 3.13. The third kappa shape index (κ3) is 3.84. The molecule has 8 heteroatoms. The van der Waals surface area contributed by atoms with Crippen molar-refractivity contribution < 1.29 is 33.4 Å². The molecule has 8 nitrogen and oxygen atoms in total. The quantitative estimate of drug-likeness (QED) is 0.547. The Labute approximate surface area is 151 Å². The lowest BCUT2D eigenvalue weighted by molar-refractivity contribution is -0.164. The maximum atomic E-state index is 12.9. The Morgan fingerprint density at radius 2 is 1.69 bits per heavy atom. The zero-order valence-electron chi connectivity index (χ0n) is 15.4. The van der Waals surface area contributed by atoms with Crippen LogP contribution in [0, 0.1) is 11.8 Å². The summed E-state index contributed by atoms with van der Waals surface area (Å²) in [5.41, 5.74) is 0.548. The zero-order valence-corrected chi connectivity index (χ0v) is 15.4. The number of carbonyl (C=O) groups excluding carboxylic acids is 4. The minimum absolute atomic E-state index is 0.0539. The molecule has 1 aliphatic heterocycles. The van der Waals surface area contributed by atoms with Gasteiger partial charge in [-0.15, -0.1) is 0 Å². The van der Waals surface area contributed by atoms with E-state index in [1.54, 1.807) is 13.8 Å². The van der Waals surface area contributed by atoms with E-state index >= 15 is 0 Å². The first-order valence-electron chi connectivity index (χ1n) is 8.47. The monoisotopic (exact) mass is 365 g/mol. The summed E-state index contributed by atoms with van der Waals surface area (Å²) in [5.74, 6) is -4.83. The number of carbonyl (C=O) groups is 4. The molecule has 1 unspecified atom stereocenters. The Kier molecular flexibility index (Phi) is 6.28. The van der Waals surface area contributed by atoms with Gasteiger partial charge in [0.1, 0.15) is 11.8 Å². The molecule has 0 amide bonds. The van der Waals surface area contributed by atoms with Gasteiger partial charge in [0.15, 0.2) is 11.9 Å². The predicted octanol–water partition coefficient (Wildman–Crippen LogP) is 1.37. The summed E-state index contributed by atoms with van der Waals surface area (Å²) in [6.07, 6.45) is 1.46. The Bertz CT molecular complexity index is 692. The molecule has 3 atom stereocenters. The van der Waals surface area contributed by atoms with E-state index in [1.165, 1.54) is 14.2 Å². The van der Waals surface area contributed by atoms with Gasteiger partial charge in [-0.1, -0.05) is 0 Å². The van der Waals surface area contributed by atoms with Crippen LogP contribution in [-0.4, -0.2) is 49.7 Å². The zero-order chi connectivity index (χ0) is 19.4. The van der Waals surface area contributed by atoms with Crippen molar-refractivity contribution in [2.45, 2.75) is 45.6 Å². The molecule has 0 N–H and O–H groups in total. The number of rotatable bonds is 4. The van der Waals surface area contributed by atoms with Crippen molar-refractivity contribution in [3.05, 3.63) is 11.3 Å². The summed E-state index contributed by atoms with van der Waals surface area (Å²) in [5, 5.41) is 0. The fourth-order valence-corrected chi connectivity index (χ4v) is 3.39.